The summed E-state index contributed by atoms with van der Waals surface area (Å²) in [7, 11) is 6.06. The van der Waals surface area contributed by atoms with Gasteiger partial charge < -0.3 is 31.1 Å². The van der Waals surface area contributed by atoms with Gasteiger partial charge in [0.05, 0.1) is 11.6 Å². The highest BCUT2D eigenvalue weighted by Crippen LogP contribution is 2.53. The van der Waals surface area contributed by atoms with Crippen molar-refractivity contribution in [2.45, 2.75) is 24.5 Å². The van der Waals surface area contributed by atoms with Crippen molar-refractivity contribution in [3.63, 3.8) is 0 Å². The van der Waals surface area contributed by atoms with E-state index in [1.165, 1.54) is 42.1 Å². The van der Waals surface area contributed by atoms with Gasteiger partial charge in [-0.1, -0.05) is 30.3 Å². The lowest BCUT2D eigenvalue weighted by Gasteiger charge is -2.50. The van der Waals surface area contributed by atoms with Crippen LogP contribution in [0.1, 0.15) is 32.7 Å². The fourth-order valence-corrected chi connectivity index (χ4v) is 6.65. The summed E-state index contributed by atoms with van der Waals surface area (Å²) >= 11 is 0. The maximum atomic E-state index is 13.9. The fraction of sp³-hybridized carbons (Fsp3) is 0.323. The Morgan fingerprint density at radius 1 is 0.953 bits per heavy atom. The molecule has 12 nitrogen and oxygen atoms in total. The Hall–Kier alpha value is -4.81. The number of aliphatic hydroxyl groups is 3. The number of aliphatic hydroxyl groups excluding tert-OH is 2. The molecular formula is C31H31N3O9. The number of Topliss-reactive ketones (excluding diaryl/α,β-unsaturated/α-hetero) is 3. The topological polar surface area (TPSA) is 199 Å². The second kappa shape index (κ2) is 10.2. The fourth-order valence-electron chi connectivity index (χ4n) is 6.65. The number of primary amides is 1. The minimum absolute atomic E-state index is 0.0407. The number of aromatic hydroxyl groups is 1. The largest absolute Gasteiger partial charge is 0.510 e. The van der Waals surface area contributed by atoms with Gasteiger partial charge in [0, 0.05) is 31.1 Å². The molecule has 0 fully saturated rings. The molecule has 0 radical (unpaired) electrons. The average Bonchev–Trinajstić information content (AvgIpc) is 2.94. The monoisotopic (exact) mass is 589 g/mol. The van der Waals surface area contributed by atoms with Crippen LogP contribution in [0.2, 0.25) is 0 Å². The van der Waals surface area contributed by atoms with E-state index in [4.69, 9.17) is 5.73 Å². The van der Waals surface area contributed by atoms with E-state index in [2.05, 4.69) is 0 Å². The number of ketones is 3. The number of phenols is 1. The van der Waals surface area contributed by atoms with Crippen molar-refractivity contribution < 1.29 is 44.4 Å². The van der Waals surface area contributed by atoms with E-state index in [0.29, 0.717) is 16.7 Å². The van der Waals surface area contributed by atoms with Crippen LogP contribution in [-0.2, 0) is 20.8 Å². The first-order valence-electron chi connectivity index (χ1n) is 13.5. The van der Waals surface area contributed by atoms with Crippen LogP contribution in [0.5, 0.6) is 5.75 Å². The van der Waals surface area contributed by atoms with Crippen molar-refractivity contribution in [1.82, 2.24) is 9.80 Å². The molecule has 3 aliphatic carbocycles. The maximum Gasteiger partial charge on any atom is 0.294 e. The van der Waals surface area contributed by atoms with Gasteiger partial charge >= 0.3 is 0 Å². The molecular weight excluding hydrogens is 558 g/mol. The molecule has 3 aliphatic rings. The number of likely N-dealkylation sites (N-methyl/N-ethyl adjacent to an activating group) is 2. The van der Waals surface area contributed by atoms with E-state index in [1.54, 1.807) is 32.3 Å². The highest BCUT2D eigenvalue weighted by atomic mass is 16.3. The molecule has 4 atom stereocenters. The van der Waals surface area contributed by atoms with Gasteiger partial charge in [-0.3, -0.25) is 28.9 Å². The zero-order valence-electron chi connectivity index (χ0n) is 23.9. The summed E-state index contributed by atoms with van der Waals surface area (Å²) in [5.74, 6) is -8.59. The first kappa shape index (κ1) is 29.7. The number of amides is 2. The number of nitrogens with zero attached hydrogens (tertiary/aromatic N) is 2. The van der Waals surface area contributed by atoms with Gasteiger partial charge in [0.2, 0.25) is 11.6 Å². The Balaban J connectivity index is 1.63. The summed E-state index contributed by atoms with van der Waals surface area (Å²) < 4.78 is 0. The normalized spacial score (nSPS) is 24.8. The van der Waals surface area contributed by atoms with Gasteiger partial charge in [-0.05, 0) is 55.6 Å². The average molecular weight is 590 g/mol. The molecule has 1 unspecified atom stereocenters. The lowest BCUT2D eigenvalue weighted by atomic mass is 9.58. The lowest BCUT2D eigenvalue weighted by Crippen LogP contribution is -2.63. The highest BCUT2D eigenvalue weighted by molar-refractivity contribution is 6.42. The van der Waals surface area contributed by atoms with Crippen molar-refractivity contribution >= 4 is 29.2 Å². The van der Waals surface area contributed by atoms with Crippen LogP contribution in [0.15, 0.2) is 59.1 Å². The molecule has 5 rings (SSSR count). The Labute approximate surface area is 246 Å². The van der Waals surface area contributed by atoms with Crippen LogP contribution in [0, 0.1) is 11.8 Å². The molecule has 0 saturated carbocycles. The van der Waals surface area contributed by atoms with Crippen LogP contribution < -0.4 is 5.73 Å². The Bertz CT molecular complexity index is 1690. The number of allylic oxidation sites excluding steroid dienone is 1. The van der Waals surface area contributed by atoms with Gasteiger partial charge in [0.1, 0.15) is 22.8 Å². The molecule has 0 aromatic heterocycles. The zero-order chi connectivity index (χ0) is 31.7. The maximum absolute atomic E-state index is 13.9. The van der Waals surface area contributed by atoms with Crippen LogP contribution in [-0.4, -0.2) is 99.2 Å². The molecule has 2 amide bonds. The van der Waals surface area contributed by atoms with Crippen molar-refractivity contribution in [3.05, 3.63) is 75.8 Å². The molecule has 0 heterocycles. The lowest BCUT2D eigenvalue weighted by molar-refractivity contribution is -0.148. The molecule has 2 aromatic rings. The molecule has 0 saturated heterocycles. The molecule has 224 valence electrons. The number of hydrogen-bond donors (Lipinski definition) is 5. The smallest absolute Gasteiger partial charge is 0.294 e. The summed E-state index contributed by atoms with van der Waals surface area (Å²) in [6.45, 7) is 0. The van der Waals surface area contributed by atoms with Gasteiger partial charge in [-0.25, -0.2) is 0 Å². The van der Waals surface area contributed by atoms with E-state index in [0.717, 1.165) is 0 Å². The molecule has 0 aliphatic heterocycles. The Morgan fingerprint density at radius 3 is 2.14 bits per heavy atom. The van der Waals surface area contributed by atoms with Gasteiger partial charge in [0.25, 0.3) is 11.8 Å². The SMILES string of the molecule is CN(C)C(=O)C(=O)c1ccc(-c2ccc(O)c3c2C[C@@H]2C[C@H]4C(N(C)C)C(O)=C(C(N)=O)C(=O)[C@@]4(O)C(O)=C2C3=O)cc1. The number of nitrogens with two attached hydrogens (primary N) is 1. The summed E-state index contributed by atoms with van der Waals surface area (Å²) in [4.78, 5) is 66.7. The van der Waals surface area contributed by atoms with Gasteiger partial charge in [0.15, 0.2) is 11.4 Å². The van der Waals surface area contributed by atoms with E-state index >= 15 is 0 Å². The summed E-state index contributed by atoms with van der Waals surface area (Å²) in [6, 6.07) is 8.03. The number of rotatable bonds is 5. The van der Waals surface area contributed by atoms with E-state index < -0.39 is 69.7 Å². The van der Waals surface area contributed by atoms with Crippen LogP contribution in [0.25, 0.3) is 11.1 Å². The molecule has 2 aromatic carbocycles. The second-order valence-corrected chi connectivity index (χ2v) is 11.6. The standard InChI is InChI=1S/C31H31N3O9/c1-33(2)23-18-12-15-11-17-16(13-5-7-14(8-6-13)24(36)30(42)34(3)4)9-10-19(35)21(17)25(37)20(15)27(39)31(18,43)28(40)22(26(23)38)29(32)41/h5-10,15,18,23,35,38-39,43H,11-12H2,1-4H3,(H2,32,41)/t15-,18+,23?,31+/m1/s1. The third-order valence-electron chi connectivity index (χ3n) is 8.66. The second-order valence-electron chi connectivity index (χ2n) is 11.6. The summed E-state index contributed by atoms with van der Waals surface area (Å²) in [5, 5.41) is 44.8. The minimum atomic E-state index is -2.72. The van der Waals surface area contributed by atoms with Crippen molar-refractivity contribution in [1.29, 1.82) is 0 Å². The number of carbonyl (C=O) groups excluding carboxylic acids is 5. The van der Waals surface area contributed by atoms with Crippen LogP contribution in [0.3, 0.4) is 0 Å². The Morgan fingerprint density at radius 2 is 1.58 bits per heavy atom. The minimum Gasteiger partial charge on any atom is -0.510 e. The quantitative estimate of drug-likeness (QED) is 0.191. The number of carbonyl (C=O) groups is 5. The van der Waals surface area contributed by atoms with E-state index in [-0.39, 0.29) is 35.3 Å². The van der Waals surface area contributed by atoms with E-state index in [9.17, 15) is 44.4 Å². The van der Waals surface area contributed by atoms with Crippen molar-refractivity contribution in [2.24, 2.45) is 17.6 Å². The highest BCUT2D eigenvalue weighted by Gasteiger charge is 2.63. The molecule has 0 spiro atoms. The molecule has 0 bridgehead atoms. The van der Waals surface area contributed by atoms with Crippen LogP contribution >= 0.6 is 0 Å². The predicted octanol–water partition coefficient (Wildman–Crippen LogP) is 1.06. The molecule has 12 heteroatoms. The summed E-state index contributed by atoms with van der Waals surface area (Å²) in [6.07, 6.45) is 0.0685. The Kier molecular flexibility index (Phi) is 7.02. The van der Waals surface area contributed by atoms with Crippen LogP contribution in [0.4, 0.5) is 0 Å². The van der Waals surface area contributed by atoms with Crippen molar-refractivity contribution in [3.8, 4) is 16.9 Å². The third-order valence-corrected chi connectivity index (χ3v) is 8.66. The predicted molar refractivity (Wildman–Crippen MR) is 152 cm³/mol. The number of phenolic OH excluding ortho intramolecular Hbond substituents is 1. The first-order chi connectivity index (χ1) is 20.1. The van der Waals surface area contributed by atoms with Gasteiger partial charge in [-0.15, -0.1) is 0 Å². The third kappa shape index (κ3) is 4.24. The molecule has 43 heavy (non-hydrogen) atoms. The number of fused-ring (bicyclic) bond motifs is 3. The zero-order valence-corrected chi connectivity index (χ0v) is 23.9. The van der Waals surface area contributed by atoms with Gasteiger partial charge in [-0.2, -0.15) is 0 Å². The molecule has 6 N–H and O–H groups in total. The van der Waals surface area contributed by atoms with E-state index in [1.807, 2.05) is 0 Å². The number of hydrogen-bond acceptors (Lipinski definition) is 10. The summed E-state index contributed by atoms with van der Waals surface area (Å²) in [5.41, 5.74) is 3.17. The first-order valence-corrected chi connectivity index (χ1v) is 13.5. The van der Waals surface area contributed by atoms with Crippen molar-refractivity contribution in [2.75, 3.05) is 28.2 Å². The number of benzene rings is 2.